The van der Waals surface area contributed by atoms with E-state index in [4.69, 9.17) is 14.6 Å². The minimum absolute atomic E-state index is 0.315. The standard InChI is InChI=1S/C26H32N4O2S/c1-31-23-10-5-9-22(17-23)30-25(27-28-26(30)33-19-24-11-6-16-32-24)21-12-14-29(15-13-21)18-20-7-3-2-4-8-20/h2-5,7-10,17,21,24H,6,11-16,18-19H2,1H3/t24-/m1/s1. The number of piperidine rings is 1. The van der Waals surface area contributed by atoms with Crippen molar-refractivity contribution in [3.8, 4) is 11.4 Å². The molecular formula is C26H32N4O2S. The van der Waals surface area contributed by atoms with Gasteiger partial charge in [-0.05, 0) is 56.5 Å². The lowest BCUT2D eigenvalue weighted by atomic mass is 9.95. The number of benzene rings is 2. The summed E-state index contributed by atoms with van der Waals surface area (Å²) in [4.78, 5) is 2.55. The van der Waals surface area contributed by atoms with E-state index < -0.39 is 0 Å². The third kappa shape index (κ3) is 5.42. The highest BCUT2D eigenvalue weighted by Crippen LogP contribution is 2.34. The molecule has 0 amide bonds. The van der Waals surface area contributed by atoms with Crippen molar-refractivity contribution in [1.82, 2.24) is 19.7 Å². The van der Waals surface area contributed by atoms with E-state index in [1.807, 2.05) is 12.1 Å². The van der Waals surface area contributed by atoms with Crippen LogP contribution in [-0.4, -0.2) is 58.3 Å². The Morgan fingerprint density at radius 2 is 1.88 bits per heavy atom. The maximum absolute atomic E-state index is 5.84. The van der Waals surface area contributed by atoms with E-state index in [2.05, 4.69) is 57.0 Å². The van der Waals surface area contributed by atoms with Gasteiger partial charge < -0.3 is 9.47 Å². The molecule has 0 saturated carbocycles. The lowest BCUT2D eigenvalue weighted by Gasteiger charge is -2.31. The van der Waals surface area contributed by atoms with Crippen LogP contribution < -0.4 is 4.74 Å². The summed E-state index contributed by atoms with van der Waals surface area (Å²) in [5.41, 5.74) is 2.44. The molecule has 0 aliphatic carbocycles. The molecular weight excluding hydrogens is 432 g/mol. The number of rotatable bonds is 8. The van der Waals surface area contributed by atoms with E-state index in [1.54, 1.807) is 18.9 Å². The minimum atomic E-state index is 0.315. The Balaban J connectivity index is 1.34. The maximum atomic E-state index is 5.84. The molecule has 0 spiro atoms. The largest absolute Gasteiger partial charge is 0.497 e. The van der Waals surface area contributed by atoms with Crippen molar-refractivity contribution in [1.29, 1.82) is 0 Å². The van der Waals surface area contributed by atoms with Gasteiger partial charge in [0, 0.05) is 30.9 Å². The monoisotopic (exact) mass is 464 g/mol. The van der Waals surface area contributed by atoms with Crippen molar-refractivity contribution in [2.75, 3.05) is 32.6 Å². The van der Waals surface area contributed by atoms with Crippen LogP contribution in [0.2, 0.25) is 0 Å². The molecule has 1 atom stereocenters. The lowest BCUT2D eigenvalue weighted by Crippen LogP contribution is -2.33. The van der Waals surface area contributed by atoms with Gasteiger partial charge in [-0.1, -0.05) is 48.2 Å². The van der Waals surface area contributed by atoms with E-state index in [0.29, 0.717) is 12.0 Å². The molecule has 174 valence electrons. The van der Waals surface area contributed by atoms with E-state index in [0.717, 1.165) is 80.1 Å². The van der Waals surface area contributed by atoms with Crippen molar-refractivity contribution >= 4 is 11.8 Å². The second-order valence-corrected chi connectivity index (χ2v) is 9.85. The first-order valence-electron chi connectivity index (χ1n) is 11.9. The predicted molar refractivity (Wildman–Crippen MR) is 131 cm³/mol. The lowest BCUT2D eigenvalue weighted by molar-refractivity contribution is 0.129. The molecule has 2 fully saturated rings. The summed E-state index contributed by atoms with van der Waals surface area (Å²) in [6.45, 7) is 4.03. The number of thioether (sulfide) groups is 1. The number of ether oxygens (including phenoxy) is 2. The van der Waals surface area contributed by atoms with Crippen LogP contribution in [0.1, 0.15) is 43.0 Å². The smallest absolute Gasteiger partial charge is 0.195 e. The molecule has 1 aromatic heterocycles. The third-order valence-electron chi connectivity index (χ3n) is 6.59. The van der Waals surface area contributed by atoms with Crippen molar-refractivity contribution in [2.45, 2.75) is 49.4 Å². The van der Waals surface area contributed by atoms with Crippen LogP contribution in [-0.2, 0) is 11.3 Å². The maximum Gasteiger partial charge on any atom is 0.195 e. The van der Waals surface area contributed by atoms with Gasteiger partial charge in [0.05, 0.1) is 18.9 Å². The number of methoxy groups -OCH3 is 1. The van der Waals surface area contributed by atoms with Crippen LogP contribution in [0.5, 0.6) is 5.75 Å². The van der Waals surface area contributed by atoms with Gasteiger partial charge in [0.2, 0.25) is 0 Å². The molecule has 0 radical (unpaired) electrons. The van der Waals surface area contributed by atoms with Crippen molar-refractivity contribution in [3.05, 3.63) is 66.0 Å². The van der Waals surface area contributed by atoms with Gasteiger partial charge in [0.25, 0.3) is 0 Å². The van der Waals surface area contributed by atoms with Crippen LogP contribution in [0.3, 0.4) is 0 Å². The number of nitrogens with zero attached hydrogens (tertiary/aromatic N) is 4. The first-order chi connectivity index (χ1) is 16.3. The second kappa shape index (κ2) is 10.7. The van der Waals surface area contributed by atoms with Crippen LogP contribution in [0.4, 0.5) is 0 Å². The predicted octanol–water partition coefficient (Wildman–Crippen LogP) is 4.93. The van der Waals surface area contributed by atoms with Gasteiger partial charge in [0.15, 0.2) is 5.16 Å². The Kier molecular flexibility index (Phi) is 7.29. The van der Waals surface area contributed by atoms with Crippen molar-refractivity contribution in [3.63, 3.8) is 0 Å². The van der Waals surface area contributed by atoms with Gasteiger partial charge in [-0.15, -0.1) is 10.2 Å². The zero-order chi connectivity index (χ0) is 22.5. The Bertz CT molecular complexity index is 1030. The van der Waals surface area contributed by atoms with E-state index in [-0.39, 0.29) is 0 Å². The highest BCUT2D eigenvalue weighted by atomic mass is 32.2. The fraction of sp³-hybridized carbons (Fsp3) is 0.462. The van der Waals surface area contributed by atoms with Crippen LogP contribution in [0.15, 0.2) is 59.8 Å². The van der Waals surface area contributed by atoms with Gasteiger partial charge in [-0.25, -0.2) is 0 Å². The molecule has 5 rings (SSSR count). The summed E-state index contributed by atoms with van der Waals surface area (Å²) < 4.78 is 13.6. The molecule has 2 aliphatic rings. The fourth-order valence-corrected chi connectivity index (χ4v) is 5.79. The van der Waals surface area contributed by atoms with Crippen LogP contribution in [0, 0.1) is 0 Å². The summed E-state index contributed by atoms with van der Waals surface area (Å²) in [7, 11) is 1.71. The van der Waals surface area contributed by atoms with E-state index >= 15 is 0 Å². The van der Waals surface area contributed by atoms with Crippen molar-refractivity contribution in [2.24, 2.45) is 0 Å². The molecule has 0 unspecified atom stereocenters. The van der Waals surface area contributed by atoms with E-state index in [9.17, 15) is 0 Å². The first-order valence-corrected chi connectivity index (χ1v) is 12.9. The summed E-state index contributed by atoms with van der Waals surface area (Å²) >= 11 is 1.75. The van der Waals surface area contributed by atoms with Gasteiger partial charge in [0.1, 0.15) is 11.6 Å². The quantitative estimate of drug-likeness (QED) is 0.441. The number of aromatic nitrogens is 3. The zero-order valence-electron chi connectivity index (χ0n) is 19.2. The number of hydrogen-bond acceptors (Lipinski definition) is 6. The molecule has 3 heterocycles. The van der Waals surface area contributed by atoms with Crippen LogP contribution in [0.25, 0.3) is 5.69 Å². The molecule has 6 nitrogen and oxygen atoms in total. The Labute approximate surface area is 200 Å². The topological polar surface area (TPSA) is 52.4 Å². The first kappa shape index (κ1) is 22.4. The summed E-state index contributed by atoms with van der Waals surface area (Å²) in [6.07, 6.45) is 4.78. The molecule has 33 heavy (non-hydrogen) atoms. The summed E-state index contributed by atoms with van der Waals surface area (Å²) in [5, 5.41) is 10.3. The van der Waals surface area contributed by atoms with Gasteiger partial charge >= 0.3 is 0 Å². The summed E-state index contributed by atoms with van der Waals surface area (Å²) in [6, 6.07) is 19.0. The van der Waals surface area contributed by atoms with Gasteiger partial charge in [-0.3, -0.25) is 9.47 Å². The molecule has 2 aliphatic heterocycles. The SMILES string of the molecule is COc1cccc(-n2c(SC[C@H]3CCCO3)nnc2C2CCN(Cc3ccccc3)CC2)c1. The molecule has 0 bridgehead atoms. The van der Waals surface area contributed by atoms with Crippen LogP contribution >= 0.6 is 11.8 Å². The molecule has 7 heteroatoms. The third-order valence-corrected chi connectivity index (χ3v) is 7.65. The molecule has 0 N–H and O–H groups in total. The zero-order valence-corrected chi connectivity index (χ0v) is 20.0. The van der Waals surface area contributed by atoms with Gasteiger partial charge in [-0.2, -0.15) is 0 Å². The Morgan fingerprint density at radius 1 is 1.03 bits per heavy atom. The molecule has 2 saturated heterocycles. The average molecular weight is 465 g/mol. The Morgan fingerprint density at radius 3 is 2.64 bits per heavy atom. The molecule has 3 aromatic rings. The highest BCUT2D eigenvalue weighted by molar-refractivity contribution is 7.99. The number of hydrogen-bond donors (Lipinski definition) is 0. The Hall–Kier alpha value is -2.35. The average Bonchev–Trinajstić information content (AvgIpc) is 3.54. The summed E-state index contributed by atoms with van der Waals surface area (Å²) in [5.74, 6) is 3.22. The highest BCUT2D eigenvalue weighted by Gasteiger charge is 2.28. The fourth-order valence-electron chi connectivity index (χ4n) is 4.77. The second-order valence-electron chi connectivity index (χ2n) is 8.86. The van der Waals surface area contributed by atoms with Crippen molar-refractivity contribution < 1.29 is 9.47 Å². The molecule has 2 aromatic carbocycles. The normalized spacial score (nSPS) is 19.7. The number of likely N-dealkylation sites (tertiary alicyclic amines) is 1. The minimum Gasteiger partial charge on any atom is -0.497 e. The van der Waals surface area contributed by atoms with E-state index in [1.165, 1.54) is 5.56 Å².